The van der Waals surface area contributed by atoms with Gasteiger partial charge in [0.1, 0.15) is 0 Å². The van der Waals surface area contributed by atoms with Crippen LogP contribution in [0.2, 0.25) is 0 Å². The predicted molar refractivity (Wildman–Crippen MR) is 47.9 cm³/mol. The summed E-state index contributed by atoms with van der Waals surface area (Å²) in [7, 11) is 1.73. The molecule has 0 heterocycles. The Hall–Kier alpha value is -0.770. The van der Waals surface area contributed by atoms with E-state index in [0.717, 1.165) is 19.4 Å². The first kappa shape index (κ1) is 11.2. The number of amides is 1. The third-order valence-corrected chi connectivity index (χ3v) is 1.53. The number of hydrogen-bond acceptors (Lipinski definition) is 3. The lowest BCUT2D eigenvalue weighted by Gasteiger charge is -2.15. The van der Waals surface area contributed by atoms with Gasteiger partial charge in [-0.1, -0.05) is 0 Å². The normalized spacial score (nSPS) is 9.58. The van der Waals surface area contributed by atoms with Crippen molar-refractivity contribution in [2.75, 3.05) is 26.7 Å². The summed E-state index contributed by atoms with van der Waals surface area (Å²) >= 11 is 0. The molecule has 0 aromatic rings. The molecular weight excluding hydrogens is 156 g/mol. The Bertz CT molecular complexity index is 128. The Morgan fingerprint density at radius 1 is 1.50 bits per heavy atom. The average Bonchev–Trinajstić information content (AvgIpc) is 2.05. The first-order valence-corrected chi connectivity index (χ1v) is 4.30. The van der Waals surface area contributed by atoms with E-state index in [9.17, 15) is 4.79 Å². The van der Waals surface area contributed by atoms with Crippen molar-refractivity contribution in [1.29, 1.82) is 0 Å². The lowest BCUT2D eigenvalue weighted by molar-refractivity contribution is 0.115. The van der Waals surface area contributed by atoms with E-state index in [-0.39, 0.29) is 6.09 Å². The highest BCUT2D eigenvalue weighted by Crippen LogP contribution is 1.94. The SMILES string of the molecule is CCOC(=O)N(C)CCCCN. The first-order chi connectivity index (χ1) is 5.72. The summed E-state index contributed by atoms with van der Waals surface area (Å²) in [5, 5.41) is 0. The molecule has 0 atom stereocenters. The maximum Gasteiger partial charge on any atom is 0.409 e. The molecule has 2 N–H and O–H groups in total. The fourth-order valence-electron chi connectivity index (χ4n) is 0.818. The van der Waals surface area contributed by atoms with E-state index >= 15 is 0 Å². The molecule has 0 aliphatic carbocycles. The fourth-order valence-corrected chi connectivity index (χ4v) is 0.818. The van der Waals surface area contributed by atoms with Gasteiger partial charge in [0, 0.05) is 13.6 Å². The highest BCUT2D eigenvalue weighted by Gasteiger charge is 2.06. The minimum absolute atomic E-state index is 0.255. The van der Waals surface area contributed by atoms with E-state index in [1.807, 2.05) is 0 Å². The molecule has 4 heteroatoms. The molecular formula is C8H18N2O2. The monoisotopic (exact) mass is 174 g/mol. The number of rotatable bonds is 5. The van der Waals surface area contributed by atoms with Gasteiger partial charge in [-0.25, -0.2) is 4.79 Å². The third-order valence-electron chi connectivity index (χ3n) is 1.53. The number of carbonyl (C=O) groups is 1. The summed E-state index contributed by atoms with van der Waals surface area (Å²) in [6.07, 6.45) is 1.63. The van der Waals surface area contributed by atoms with Gasteiger partial charge >= 0.3 is 6.09 Å². The second-order valence-electron chi connectivity index (χ2n) is 2.62. The van der Waals surface area contributed by atoms with E-state index in [1.165, 1.54) is 0 Å². The molecule has 0 aliphatic rings. The van der Waals surface area contributed by atoms with Gasteiger partial charge in [0.2, 0.25) is 0 Å². The number of hydrogen-bond donors (Lipinski definition) is 1. The van der Waals surface area contributed by atoms with Crippen LogP contribution in [0, 0.1) is 0 Å². The molecule has 0 fully saturated rings. The zero-order valence-electron chi connectivity index (χ0n) is 7.88. The molecule has 0 bridgehead atoms. The van der Waals surface area contributed by atoms with Gasteiger partial charge in [-0.15, -0.1) is 0 Å². The average molecular weight is 174 g/mol. The van der Waals surface area contributed by atoms with Gasteiger partial charge in [0.15, 0.2) is 0 Å². The molecule has 0 aromatic heterocycles. The molecule has 12 heavy (non-hydrogen) atoms. The highest BCUT2D eigenvalue weighted by molar-refractivity contribution is 5.67. The minimum atomic E-state index is -0.255. The minimum Gasteiger partial charge on any atom is -0.450 e. The summed E-state index contributed by atoms with van der Waals surface area (Å²) in [6.45, 7) is 3.62. The summed E-state index contributed by atoms with van der Waals surface area (Å²) in [6, 6.07) is 0. The van der Waals surface area contributed by atoms with Gasteiger partial charge < -0.3 is 15.4 Å². The Kier molecular flexibility index (Phi) is 6.47. The molecule has 0 aliphatic heterocycles. The number of nitrogens with two attached hydrogens (primary N) is 1. The summed E-state index contributed by atoms with van der Waals surface area (Å²) in [4.78, 5) is 12.6. The van der Waals surface area contributed by atoms with E-state index < -0.39 is 0 Å². The van der Waals surface area contributed by atoms with Crippen molar-refractivity contribution in [3.05, 3.63) is 0 Å². The number of carbonyl (C=O) groups excluding carboxylic acids is 1. The molecule has 0 rings (SSSR count). The molecule has 0 radical (unpaired) electrons. The van der Waals surface area contributed by atoms with Gasteiger partial charge in [-0.05, 0) is 26.3 Å². The van der Waals surface area contributed by atoms with Crippen molar-refractivity contribution in [2.45, 2.75) is 19.8 Å². The molecule has 1 amide bonds. The van der Waals surface area contributed by atoms with Crippen molar-refractivity contribution in [3.63, 3.8) is 0 Å². The van der Waals surface area contributed by atoms with E-state index in [0.29, 0.717) is 13.2 Å². The van der Waals surface area contributed by atoms with Gasteiger partial charge in [0.05, 0.1) is 6.61 Å². The van der Waals surface area contributed by atoms with E-state index in [1.54, 1.807) is 18.9 Å². The van der Waals surface area contributed by atoms with Crippen LogP contribution in [0.25, 0.3) is 0 Å². The van der Waals surface area contributed by atoms with Crippen molar-refractivity contribution < 1.29 is 9.53 Å². The Morgan fingerprint density at radius 3 is 2.67 bits per heavy atom. The van der Waals surface area contributed by atoms with Crippen molar-refractivity contribution in [1.82, 2.24) is 4.90 Å². The Labute approximate surface area is 73.7 Å². The number of nitrogens with zero attached hydrogens (tertiary/aromatic N) is 1. The van der Waals surface area contributed by atoms with Crippen LogP contribution in [0.1, 0.15) is 19.8 Å². The largest absolute Gasteiger partial charge is 0.450 e. The van der Waals surface area contributed by atoms with Gasteiger partial charge in [0.25, 0.3) is 0 Å². The zero-order valence-corrected chi connectivity index (χ0v) is 7.88. The van der Waals surface area contributed by atoms with Crippen LogP contribution in [0.15, 0.2) is 0 Å². The van der Waals surface area contributed by atoms with Crippen molar-refractivity contribution >= 4 is 6.09 Å². The second kappa shape index (κ2) is 6.91. The van der Waals surface area contributed by atoms with Crippen LogP contribution in [0.4, 0.5) is 4.79 Å². The van der Waals surface area contributed by atoms with Crippen LogP contribution in [0.3, 0.4) is 0 Å². The van der Waals surface area contributed by atoms with Crippen LogP contribution in [-0.2, 0) is 4.74 Å². The highest BCUT2D eigenvalue weighted by atomic mass is 16.5. The van der Waals surface area contributed by atoms with E-state index in [4.69, 9.17) is 10.5 Å². The summed E-state index contributed by atoms with van der Waals surface area (Å²) in [5.41, 5.74) is 5.31. The molecule has 0 saturated heterocycles. The van der Waals surface area contributed by atoms with Crippen LogP contribution >= 0.6 is 0 Å². The maximum absolute atomic E-state index is 11.0. The lowest BCUT2D eigenvalue weighted by atomic mass is 10.3. The van der Waals surface area contributed by atoms with E-state index in [2.05, 4.69) is 0 Å². The molecule has 0 saturated carbocycles. The maximum atomic E-state index is 11.0. The quantitative estimate of drug-likeness (QED) is 0.628. The summed E-state index contributed by atoms with van der Waals surface area (Å²) < 4.78 is 4.79. The molecule has 72 valence electrons. The third kappa shape index (κ3) is 4.96. The topological polar surface area (TPSA) is 55.6 Å². The van der Waals surface area contributed by atoms with Crippen LogP contribution < -0.4 is 5.73 Å². The Morgan fingerprint density at radius 2 is 2.17 bits per heavy atom. The number of ether oxygens (including phenoxy) is 1. The number of unbranched alkanes of at least 4 members (excludes halogenated alkanes) is 1. The lowest BCUT2D eigenvalue weighted by Crippen LogP contribution is -2.28. The van der Waals surface area contributed by atoms with Crippen LogP contribution in [-0.4, -0.2) is 37.7 Å². The summed E-state index contributed by atoms with van der Waals surface area (Å²) in [5.74, 6) is 0. The first-order valence-electron chi connectivity index (χ1n) is 4.30. The molecule has 0 unspecified atom stereocenters. The molecule has 0 spiro atoms. The van der Waals surface area contributed by atoms with Gasteiger partial charge in [-0.3, -0.25) is 0 Å². The Balaban J connectivity index is 3.42. The smallest absolute Gasteiger partial charge is 0.409 e. The zero-order chi connectivity index (χ0) is 9.40. The molecule has 4 nitrogen and oxygen atoms in total. The van der Waals surface area contributed by atoms with Crippen LogP contribution in [0.5, 0.6) is 0 Å². The molecule has 0 aromatic carbocycles. The fraction of sp³-hybridized carbons (Fsp3) is 0.875. The van der Waals surface area contributed by atoms with Gasteiger partial charge in [-0.2, -0.15) is 0 Å². The van der Waals surface area contributed by atoms with Crippen molar-refractivity contribution in [2.24, 2.45) is 5.73 Å². The predicted octanol–water partition coefficient (Wildman–Crippen LogP) is 0.814. The standard InChI is InChI=1S/C8H18N2O2/c1-3-12-8(11)10(2)7-5-4-6-9/h3-7,9H2,1-2H3. The van der Waals surface area contributed by atoms with Crippen molar-refractivity contribution in [3.8, 4) is 0 Å². The second-order valence-corrected chi connectivity index (χ2v) is 2.62.